The van der Waals surface area contributed by atoms with Gasteiger partial charge in [0.2, 0.25) is 0 Å². The van der Waals surface area contributed by atoms with Crippen molar-refractivity contribution in [3.05, 3.63) is 0 Å². The van der Waals surface area contributed by atoms with Crippen molar-refractivity contribution in [1.82, 2.24) is 5.32 Å². The largest absolute Gasteiger partial charge is 0.392 e. The molecule has 3 nitrogen and oxygen atoms in total. The molecule has 0 bridgehead atoms. The molecule has 1 aliphatic carbocycles. The van der Waals surface area contributed by atoms with Crippen LogP contribution in [0.3, 0.4) is 0 Å². The van der Waals surface area contributed by atoms with Gasteiger partial charge in [0, 0.05) is 11.5 Å². The third kappa shape index (κ3) is 1.84. The minimum atomic E-state index is -0.313. The number of hydrogen-bond donors (Lipinski definition) is 2. The fraction of sp³-hybridized carbons (Fsp3) is 0.700. The van der Waals surface area contributed by atoms with Gasteiger partial charge in [-0.25, -0.2) is 0 Å². The Kier molecular flexibility index (Phi) is 2.63. The Labute approximate surface area is 78.5 Å². The molecule has 3 heteroatoms. The third-order valence-corrected chi connectivity index (χ3v) is 2.76. The first-order valence-corrected chi connectivity index (χ1v) is 4.39. The van der Waals surface area contributed by atoms with E-state index in [9.17, 15) is 9.90 Å². The van der Waals surface area contributed by atoms with Gasteiger partial charge < -0.3 is 10.4 Å². The Hall–Kier alpha value is -1.01. The van der Waals surface area contributed by atoms with Gasteiger partial charge in [-0.2, -0.15) is 0 Å². The van der Waals surface area contributed by atoms with Crippen molar-refractivity contribution in [2.75, 3.05) is 0 Å². The van der Waals surface area contributed by atoms with Gasteiger partial charge in [-0.3, -0.25) is 4.79 Å². The molecule has 0 aliphatic heterocycles. The maximum absolute atomic E-state index is 11.1. The smallest absolute Gasteiger partial charge is 0.296 e. The molecule has 1 rings (SSSR count). The molecule has 13 heavy (non-hydrogen) atoms. The predicted octanol–water partition coefficient (Wildman–Crippen LogP) is 0.285. The van der Waals surface area contributed by atoms with Crippen molar-refractivity contribution in [1.29, 1.82) is 0 Å². The molecular weight excluding hydrogens is 166 g/mol. The Bertz CT molecular complexity index is 272. The van der Waals surface area contributed by atoms with E-state index in [4.69, 9.17) is 0 Å². The maximum atomic E-state index is 11.1. The van der Waals surface area contributed by atoms with Crippen LogP contribution in [0.4, 0.5) is 0 Å². The van der Waals surface area contributed by atoms with Gasteiger partial charge in [0.25, 0.3) is 5.91 Å². The number of aliphatic hydroxyl groups is 1. The number of carbonyl (C=O) groups excluding carboxylic acids is 1. The summed E-state index contributed by atoms with van der Waals surface area (Å²) in [6.07, 6.45) is 0.316. The van der Waals surface area contributed by atoms with Gasteiger partial charge in [-0.1, -0.05) is 19.8 Å². The van der Waals surface area contributed by atoms with Crippen molar-refractivity contribution in [2.45, 2.75) is 39.3 Å². The number of nitrogens with one attached hydrogen (secondary N) is 1. The second-order valence-corrected chi connectivity index (χ2v) is 3.97. The molecule has 0 aromatic heterocycles. The van der Waals surface area contributed by atoms with Crippen molar-refractivity contribution in [3.63, 3.8) is 0 Å². The van der Waals surface area contributed by atoms with E-state index in [1.807, 2.05) is 13.8 Å². The molecule has 0 aromatic carbocycles. The number of hydrogen-bond acceptors (Lipinski definition) is 2. The minimum Gasteiger partial charge on any atom is -0.392 e. The lowest BCUT2D eigenvalue weighted by atomic mass is 9.64. The van der Waals surface area contributed by atoms with Crippen LogP contribution >= 0.6 is 0 Å². The number of amides is 1. The van der Waals surface area contributed by atoms with Crippen LogP contribution in [-0.4, -0.2) is 23.2 Å². The lowest BCUT2D eigenvalue weighted by Crippen LogP contribution is -2.61. The summed E-state index contributed by atoms with van der Waals surface area (Å²) in [4.78, 5) is 11.1. The van der Waals surface area contributed by atoms with E-state index in [1.165, 1.54) is 0 Å². The van der Waals surface area contributed by atoms with E-state index in [0.29, 0.717) is 6.42 Å². The van der Waals surface area contributed by atoms with Gasteiger partial charge in [-0.15, -0.1) is 0 Å². The van der Waals surface area contributed by atoms with Gasteiger partial charge in [0.15, 0.2) is 0 Å². The molecule has 0 aromatic rings. The summed E-state index contributed by atoms with van der Waals surface area (Å²) < 4.78 is 0. The molecule has 0 radical (unpaired) electrons. The highest BCUT2D eigenvalue weighted by Gasteiger charge is 2.47. The second kappa shape index (κ2) is 3.39. The van der Waals surface area contributed by atoms with Crippen molar-refractivity contribution in [3.8, 4) is 11.8 Å². The maximum Gasteiger partial charge on any atom is 0.296 e. The average molecular weight is 181 g/mol. The van der Waals surface area contributed by atoms with E-state index < -0.39 is 0 Å². The van der Waals surface area contributed by atoms with Crippen LogP contribution < -0.4 is 5.32 Å². The molecule has 1 aliphatic rings. The molecular formula is C10H15NO2. The molecule has 2 N–H and O–H groups in total. The zero-order chi connectivity index (χ0) is 10.1. The average Bonchev–Trinajstić information content (AvgIpc) is 2.04. The SMILES string of the molecule is CC#CC(=O)NC1CC(O)C1(C)C. The first kappa shape index (κ1) is 10.1. The Morgan fingerprint density at radius 3 is 2.62 bits per heavy atom. The van der Waals surface area contributed by atoms with Crippen molar-refractivity contribution < 1.29 is 9.90 Å². The highest BCUT2D eigenvalue weighted by molar-refractivity contribution is 5.93. The van der Waals surface area contributed by atoms with Crippen LogP contribution in [0.15, 0.2) is 0 Å². The summed E-state index contributed by atoms with van der Waals surface area (Å²) in [7, 11) is 0. The van der Waals surface area contributed by atoms with Crippen LogP contribution in [0.25, 0.3) is 0 Å². The fourth-order valence-electron chi connectivity index (χ4n) is 1.46. The molecule has 2 atom stereocenters. The van der Waals surface area contributed by atoms with E-state index in [-0.39, 0.29) is 23.5 Å². The quantitative estimate of drug-likeness (QED) is 0.571. The Morgan fingerprint density at radius 1 is 1.62 bits per heavy atom. The van der Waals surface area contributed by atoms with Gasteiger partial charge in [0.1, 0.15) is 0 Å². The monoisotopic (exact) mass is 181 g/mol. The molecule has 2 unspecified atom stereocenters. The Balaban J connectivity index is 2.48. The lowest BCUT2D eigenvalue weighted by molar-refractivity contribution is -0.123. The molecule has 0 spiro atoms. The highest BCUT2D eigenvalue weighted by Crippen LogP contribution is 2.40. The normalized spacial score (nSPS) is 29.5. The summed E-state index contributed by atoms with van der Waals surface area (Å²) in [5.41, 5.74) is -0.217. The van der Waals surface area contributed by atoms with Crippen LogP contribution in [0.2, 0.25) is 0 Å². The van der Waals surface area contributed by atoms with Gasteiger partial charge >= 0.3 is 0 Å². The first-order valence-electron chi connectivity index (χ1n) is 4.39. The highest BCUT2D eigenvalue weighted by atomic mass is 16.3. The van der Waals surface area contributed by atoms with E-state index in [2.05, 4.69) is 17.2 Å². The van der Waals surface area contributed by atoms with Gasteiger partial charge in [0.05, 0.1) is 6.10 Å². The van der Waals surface area contributed by atoms with E-state index >= 15 is 0 Å². The molecule has 0 heterocycles. The zero-order valence-electron chi connectivity index (χ0n) is 8.22. The minimum absolute atomic E-state index is 0.0517. The van der Waals surface area contributed by atoms with Crippen LogP contribution in [-0.2, 0) is 4.79 Å². The summed E-state index contributed by atoms with van der Waals surface area (Å²) >= 11 is 0. The number of aliphatic hydroxyl groups excluding tert-OH is 1. The third-order valence-electron chi connectivity index (χ3n) is 2.76. The summed E-state index contributed by atoms with van der Waals surface area (Å²) in [5, 5.41) is 12.2. The predicted molar refractivity (Wildman–Crippen MR) is 49.8 cm³/mol. The van der Waals surface area contributed by atoms with Crippen molar-refractivity contribution in [2.24, 2.45) is 5.41 Å². The summed E-state index contributed by atoms with van der Waals surface area (Å²) in [6, 6.07) is 0.0517. The van der Waals surface area contributed by atoms with Gasteiger partial charge in [-0.05, 0) is 19.3 Å². The number of rotatable bonds is 1. The fourth-order valence-corrected chi connectivity index (χ4v) is 1.46. The van der Waals surface area contributed by atoms with Crippen molar-refractivity contribution >= 4 is 5.91 Å². The first-order chi connectivity index (χ1) is 5.98. The summed E-state index contributed by atoms with van der Waals surface area (Å²) in [5.74, 6) is 4.69. The van der Waals surface area contributed by atoms with E-state index in [0.717, 1.165) is 0 Å². The van der Waals surface area contributed by atoms with Crippen LogP contribution in [0.1, 0.15) is 27.2 Å². The molecule has 0 saturated heterocycles. The standard InChI is InChI=1S/C10H15NO2/c1-4-5-9(13)11-7-6-8(12)10(7,2)3/h7-8,12H,6H2,1-3H3,(H,11,13). The van der Waals surface area contributed by atoms with Crippen LogP contribution in [0, 0.1) is 17.3 Å². The van der Waals surface area contributed by atoms with E-state index in [1.54, 1.807) is 6.92 Å². The topological polar surface area (TPSA) is 49.3 Å². The molecule has 72 valence electrons. The molecule has 1 fully saturated rings. The Morgan fingerprint density at radius 2 is 2.23 bits per heavy atom. The summed E-state index contributed by atoms with van der Waals surface area (Å²) in [6.45, 7) is 5.50. The molecule has 1 saturated carbocycles. The zero-order valence-corrected chi connectivity index (χ0v) is 8.22. The number of carbonyl (C=O) groups is 1. The molecule has 1 amide bonds. The van der Waals surface area contributed by atoms with Crippen LogP contribution in [0.5, 0.6) is 0 Å². The lowest BCUT2D eigenvalue weighted by Gasteiger charge is -2.49. The second-order valence-electron chi connectivity index (χ2n) is 3.97.